The molecule has 2 fully saturated rings. The van der Waals surface area contributed by atoms with Crippen LogP contribution in [0.1, 0.15) is 92.5 Å². The van der Waals surface area contributed by atoms with Crippen molar-refractivity contribution in [2.24, 2.45) is 0 Å². The molecule has 0 radical (unpaired) electrons. The highest BCUT2D eigenvalue weighted by Crippen LogP contribution is 2.34. The molecule has 144 valence electrons. The molecule has 1 aromatic rings. The monoisotopic (exact) mass is 360 g/mol. The SMILES string of the molecule is CCOC(=O)C1(NC(=O)c2cc(C)n(C3CCCCC3)c2C)CCCC1. The molecule has 1 amide bonds. The quantitative estimate of drug-likeness (QED) is 0.800. The van der Waals surface area contributed by atoms with E-state index in [4.69, 9.17) is 4.74 Å². The van der Waals surface area contributed by atoms with Gasteiger partial charge in [0.15, 0.2) is 0 Å². The summed E-state index contributed by atoms with van der Waals surface area (Å²) in [5.41, 5.74) is 2.00. The smallest absolute Gasteiger partial charge is 0.331 e. The Morgan fingerprint density at radius 3 is 2.42 bits per heavy atom. The Balaban J connectivity index is 1.82. The number of nitrogens with one attached hydrogen (secondary N) is 1. The predicted octanol–water partition coefficient (Wildman–Crippen LogP) is 4.22. The molecule has 5 heteroatoms. The summed E-state index contributed by atoms with van der Waals surface area (Å²) < 4.78 is 7.59. The first kappa shape index (κ1) is 19.0. The molecule has 0 aromatic carbocycles. The van der Waals surface area contributed by atoms with Crippen LogP contribution in [-0.2, 0) is 9.53 Å². The Morgan fingerprint density at radius 2 is 1.81 bits per heavy atom. The zero-order chi connectivity index (χ0) is 18.7. The van der Waals surface area contributed by atoms with Crippen LogP contribution in [0.25, 0.3) is 0 Å². The van der Waals surface area contributed by atoms with Crippen LogP contribution in [0.4, 0.5) is 0 Å². The molecule has 0 aliphatic heterocycles. The van der Waals surface area contributed by atoms with Crippen molar-refractivity contribution in [2.45, 2.75) is 90.1 Å². The van der Waals surface area contributed by atoms with E-state index in [0.717, 1.165) is 24.2 Å². The molecular formula is C21H32N2O3. The maximum Gasteiger partial charge on any atom is 0.331 e. The van der Waals surface area contributed by atoms with Gasteiger partial charge in [0, 0.05) is 17.4 Å². The molecule has 1 heterocycles. The first-order chi connectivity index (χ1) is 12.5. The number of esters is 1. The fourth-order valence-corrected chi connectivity index (χ4v) is 4.82. The average Bonchev–Trinajstić information content (AvgIpc) is 3.21. The van der Waals surface area contributed by atoms with E-state index in [2.05, 4.69) is 16.8 Å². The fourth-order valence-electron chi connectivity index (χ4n) is 4.82. The molecule has 0 spiro atoms. The zero-order valence-electron chi connectivity index (χ0n) is 16.4. The molecule has 1 aromatic heterocycles. The molecule has 1 N–H and O–H groups in total. The Kier molecular flexibility index (Phi) is 5.73. The molecule has 2 aliphatic rings. The van der Waals surface area contributed by atoms with Crippen molar-refractivity contribution in [1.29, 1.82) is 0 Å². The second kappa shape index (κ2) is 7.85. The molecule has 5 nitrogen and oxygen atoms in total. The number of rotatable bonds is 5. The normalized spacial score (nSPS) is 20.1. The summed E-state index contributed by atoms with van der Waals surface area (Å²) in [4.78, 5) is 25.5. The van der Waals surface area contributed by atoms with Crippen LogP contribution in [0.2, 0.25) is 0 Å². The number of nitrogens with zero attached hydrogens (tertiary/aromatic N) is 1. The van der Waals surface area contributed by atoms with E-state index in [1.165, 1.54) is 32.1 Å². The minimum absolute atomic E-state index is 0.143. The summed E-state index contributed by atoms with van der Waals surface area (Å²) in [6.07, 6.45) is 9.42. The van der Waals surface area contributed by atoms with E-state index in [-0.39, 0.29) is 11.9 Å². The van der Waals surface area contributed by atoms with Crippen LogP contribution in [-0.4, -0.2) is 28.6 Å². The molecule has 26 heavy (non-hydrogen) atoms. The van der Waals surface area contributed by atoms with Gasteiger partial charge in [0.2, 0.25) is 0 Å². The number of carbonyl (C=O) groups is 2. The van der Waals surface area contributed by atoms with Crippen molar-refractivity contribution in [1.82, 2.24) is 9.88 Å². The highest BCUT2D eigenvalue weighted by molar-refractivity contribution is 5.99. The van der Waals surface area contributed by atoms with E-state index in [1.807, 2.05) is 13.0 Å². The topological polar surface area (TPSA) is 60.3 Å². The van der Waals surface area contributed by atoms with Gasteiger partial charge in [-0.3, -0.25) is 4.79 Å². The third-order valence-corrected chi connectivity index (χ3v) is 6.14. The van der Waals surface area contributed by atoms with Crippen molar-refractivity contribution in [2.75, 3.05) is 6.61 Å². The number of aryl methyl sites for hydroxylation is 1. The van der Waals surface area contributed by atoms with Crippen LogP contribution in [0.15, 0.2) is 6.07 Å². The van der Waals surface area contributed by atoms with Gasteiger partial charge in [-0.1, -0.05) is 32.1 Å². The Bertz CT molecular complexity index is 665. The highest BCUT2D eigenvalue weighted by Gasteiger charge is 2.44. The summed E-state index contributed by atoms with van der Waals surface area (Å²) in [7, 11) is 0. The van der Waals surface area contributed by atoms with Gasteiger partial charge < -0.3 is 14.6 Å². The average molecular weight is 360 g/mol. The molecular weight excluding hydrogens is 328 g/mol. The summed E-state index contributed by atoms with van der Waals surface area (Å²) in [5, 5.41) is 3.05. The third-order valence-electron chi connectivity index (χ3n) is 6.14. The van der Waals surface area contributed by atoms with Crippen LogP contribution >= 0.6 is 0 Å². The van der Waals surface area contributed by atoms with Gasteiger partial charge >= 0.3 is 5.97 Å². The van der Waals surface area contributed by atoms with Crippen molar-refractivity contribution >= 4 is 11.9 Å². The van der Waals surface area contributed by atoms with Gasteiger partial charge in [0.25, 0.3) is 5.91 Å². The number of aromatic nitrogens is 1. The predicted molar refractivity (Wildman–Crippen MR) is 101 cm³/mol. The Morgan fingerprint density at radius 1 is 1.15 bits per heavy atom. The molecule has 2 aliphatic carbocycles. The standard InChI is InChI=1S/C21H32N2O3/c1-4-26-20(25)21(12-8-9-13-21)22-19(24)18-14-15(2)23(16(18)3)17-10-6-5-7-11-17/h14,17H,4-13H2,1-3H3,(H,22,24). The molecule has 3 rings (SSSR count). The van der Waals surface area contributed by atoms with Crippen molar-refractivity contribution < 1.29 is 14.3 Å². The zero-order valence-corrected chi connectivity index (χ0v) is 16.4. The lowest BCUT2D eigenvalue weighted by Crippen LogP contribution is -2.53. The first-order valence-electron chi connectivity index (χ1n) is 10.2. The Hall–Kier alpha value is -1.78. The third kappa shape index (κ3) is 3.53. The second-order valence-corrected chi connectivity index (χ2v) is 7.91. The first-order valence-corrected chi connectivity index (χ1v) is 10.2. The largest absolute Gasteiger partial charge is 0.464 e. The molecule has 0 bridgehead atoms. The van der Waals surface area contributed by atoms with Gasteiger partial charge in [0.1, 0.15) is 5.54 Å². The van der Waals surface area contributed by atoms with Crippen LogP contribution in [0.5, 0.6) is 0 Å². The maximum atomic E-state index is 13.1. The van der Waals surface area contributed by atoms with Crippen LogP contribution in [0.3, 0.4) is 0 Å². The summed E-state index contributed by atoms with van der Waals surface area (Å²) >= 11 is 0. The van der Waals surface area contributed by atoms with Gasteiger partial charge in [-0.15, -0.1) is 0 Å². The summed E-state index contributed by atoms with van der Waals surface area (Å²) in [6.45, 7) is 6.25. The number of ether oxygens (including phenoxy) is 1. The second-order valence-electron chi connectivity index (χ2n) is 7.91. The minimum Gasteiger partial charge on any atom is -0.464 e. The van der Waals surface area contributed by atoms with E-state index >= 15 is 0 Å². The number of amides is 1. The summed E-state index contributed by atoms with van der Waals surface area (Å²) in [6, 6.07) is 2.48. The maximum absolute atomic E-state index is 13.1. The lowest BCUT2D eigenvalue weighted by atomic mass is 9.95. The Labute approximate surface area is 156 Å². The van der Waals surface area contributed by atoms with Crippen LogP contribution in [0, 0.1) is 13.8 Å². The number of hydrogen-bond donors (Lipinski definition) is 1. The van der Waals surface area contributed by atoms with Crippen molar-refractivity contribution in [3.63, 3.8) is 0 Å². The van der Waals surface area contributed by atoms with Gasteiger partial charge in [-0.05, 0) is 52.5 Å². The lowest BCUT2D eigenvalue weighted by molar-refractivity contribution is -0.150. The van der Waals surface area contributed by atoms with Crippen molar-refractivity contribution in [3.05, 3.63) is 23.0 Å². The van der Waals surface area contributed by atoms with E-state index in [9.17, 15) is 9.59 Å². The van der Waals surface area contributed by atoms with Crippen molar-refractivity contribution in [3.8, 4) is 0 Å². The lowest BCUT2D eigenvalue weighted by Gasteiger charge is -2.28. The van der Waals surface area contributed by atoms with E-state index < -0.39 is 5.54 Å². The van der Waals surface area contributed by atoms with Crippen LogP contribution < -0.4 is 5.32 Å². The molecule has 0 saturated heterocycles. The van der Waals surface area contributed by atoms with E-state index in [1.54, 1.807) is 6.92 Å². The van der Waals surface area contributed by atoms with Gasteiger partial charge in [0.05, 0.1) is 12.2 Å². The van der Waals surface area contributed by atoms with Gasteiger partial charge in [-0.25, -0.2) is 4.79 Å². The molecule has 0 unspecified atom stereocenters. The number of hydrogen-bond acceptors (Lipinski definition) is 3. The fraction of sp³-hybridized carbons (Fsp3) is 0.714. The minimum atomic E-state index is -0.847. The van der Waals surface area contributed by atoms with Gasteiger partial charge in [-0.2, -0.15) is 0 Å². The molecule has 2 saturated carbocycles. The van der Waals surface area contributed by atoms with E-state index in [0.29, 0.717) is 31.1 Å². The summed E-state index contributed by atoms with van der Waals surface area (Å²) in [5.74, 6) is -0.429. The number of carbonyl (C=O) groups excluding carboxylic acids is 2. The highest BCUT2D eigenvalue weighted by atomic mass is 16.5. The molecule has 0 atom stereocenters.